The van der Waals surface area contributed by atoms with Crippen molar-refractivity contribution in [1.82, 2.24) is 4.90 Å². The molecule has 2 aromatic carbocycles. The van der Waals surface area contributed by atoms with E-state index >= 15 is 0 Å². The van der Waals surface area contributed by atoms with Crippen LogP contribution in [-0.4, -0.2) is 51.3 Å². The minimum atomic E-state index is 0.0783. The minimum absolute atomic E-state index is 0.0783. The highest BCUT2D eigenvalue weighted by Gasteiger charge is 2.29. The second kappa shape index (κ2) is 11.3. The van der Waals surface area contributed by atoms with Crippen LogP contribution in [0, 0.1) is 0 Å². The van der Waals surface area contributed by atoms with Gasteiger partial charge in [0.1, 0.15) is 5.75 Å². The van der Waals surface area contributed by atoms with Crippen molar-refractivity contribution in [3.05, 3.63) is 47.0 Å². The lowest BCUT2D eigenvalue weighted by molar-refractivity contribution is 0.0555. The summed E-state index contributed by atoms with van der Waals surface area (Å²) >= 11 is 0. The average molecular weight is 456 g/mol. The van der Waals surface area contributed by atoms with Gasteiger partial charge in [0.15, 0.2) is 11.5 Å². The summed E-state index contributed by atoms with van der Waals surface area (Å²) in [7, 11) is 6.44. The molecule has 3 rings (SSSR count). The maximum absolute atomic E-state index is 13.5. The molecule has 180 valence electrons. The van der Waals surface area contributed by atoms with Gasteiger partial charge in [-0.3, -0.25) is 4.79 Å². The standard InChI is InChI=1S/C27H37NO5/c1-18(2)28(22-10-8-7-9-11-22)27(29)21-13-12-20(23(17-21)30-3)14-19-15-24(31-4)26(33-6)25(16-19)32-5/h12-13,15-18,22H,7-11,14H2,1-6H3. The average Bonchev–Trinajstić information content (AvgIpc) is 2.84. The van der Waals surface area contributed by atoms with Crippen LogP contribution in [0.25, 0.3) is 0 Å². The van der Waals surface area contributed by atoms with Crippen molar-refractivity contribution in [1.29, 1.82) is 0 Å². The number of benzene rings is 2. The molecular weight excluding hydrogens is 418 g/mol. The molecule has 1 saturated carbocycles. The molecule has 1 aliphatic carbocycles. The van der Waals surface area contributed by atoms with Gasteiger partial charge in [-0.1, -0.05) is 25.3 Å². The zero-order chi connectivity index (χ0) is 24.0. The van der Waals surface area contributed by atoms with E-state index in [-0.39, 0.29) is 11.9 Å². The Morgan fingerprint density at radius 3 is 2.00 bits per heavy atom. The molecule has 0 heterocycles. The molecule has 2 aromatic rings. The van der Waals surface area contributed by atoms with Gasteiger partial charge in [0.05, 0.1) is 28.4 Å². The third kappa shape index (κ3) is 5.55. The SMILES string of the molecule is COc1cc(C(=O)N(C(C)C)C2CCCCC2)ccc1Cc1cc(OC)c(OC)c(OC)c1. The van der Waals surface area contributed by atoms with Crippen molar-refractivity contribution in [3.63, 3.8) is 0 Å². The van der Waals surface area contributed by atoms with Gasteiger partial charge in [-0.25, -0.2) is 0 Å². The first kappa shape index (κ1) is 24.7. The van der Waals surface area contributed by atoms with Crippen LogP contribution < -0.4 is 18.9 Å². The van der Waals surface area contributed by atoms with Gasteiger partial charge >= 0.3 is 0 Å². The van der Waals surface area contributed by atoms with Crippen molar-refractivity contribution in [2.75, 3.05) is 28.4 Å². The summed E-state index contributed by atoms with van der Waals surface area (Å²) in [6.45, 7) is 4.20. The molecule has 0 bridgehead atoms. The summed E-state index contributed by atoms with van der Waals surface area (Å²) in [6.07, 6.45) is 6.42. The van der Waals surface area contributed by atoms with E-state index in [1.807, 2.05) is 30.3 Å². The van der Waals surface area contributed by atoms with E-state index in [9.17, 15) is 4.79 Å². The van der Waals surface area contributed by atoms with E-state index in [2.05, 4.69) is 18.7 Å². The first-order chi connectivity index (χ1) is 15.9. The molecule has 0 N–H and O–H groups in total. The van der Waals surface area contributed by atoms with E-state index in [0.29, 0.717) is 41.0 Å². The normalized spacial score (nSPS) is 14.2. The van der Waals surface area contributed by atoms with Crippen molar-refractivity contribution in [2.24, 2.45) is 0 Å². The third-order valence-corrected chi connectivity index (χ3v) is 6.41. The van der Waals surface area contributed by atoms with Gasteiger partial charge in [-0.2, -0.15) is 0 Å². The van der Waals surface area contributed by atoms with Gasteiger partial charge in [0, 0.05) is 24.1 Å². The Hall–Kier alpha value is -2.89. The van der Waals surface area contributed by atoms with Crippen LogP contribution in [0.2, 0.25) is 0 Å². The molecule has 1 fully saturated rings. The van der Waals surface area contributed by atoms with Crippen LogP contribution >= 0.6 is 0 Å². The van der Waals surface area contributed by atoms with E-state index in [1.165, 1.54) is 19.3 Å². The first-order valence-electron chi connectivity index (χ1n) is 11.7. The number of rotatable bonds is 9. The molecule has 0 aromatic heterocycles. The summed E-state index contributed by atoms with van der Waals surface area (Å²) in [5.41, 5.74) is 2.64. The molecule has 0 radical (unpaired) electrons. The highest BCUT2D eigenvalue weighted by molar-refractivity contribution is 5.95. The quantitative estimate of drug-likeness (QED) is 0.500. The monoisotopic (exact) mass is 455 g/mol. The molecule has 0 aliphatic heterocycles. The predicted octanol–water partition coefficient (Wildman–Crippen LogP) is 5.50. The molecule has 6 nitrogen and oxygen atoms in total. The fourth-order valence-corrected chi connectivity index (χ4v) is 4.81. The number of nitrogens with zero attached hydrogens (tertiary/aromatic N) is 1. The van der Waals surface area contributed by atoms with Crippen molar-refractivity contribution >= 4 is 5.91 Å². The molecule has 33 heavy (non-hydrogen) atoms. The van der Waals surface area contributed by atoms with Crippen LogP contribution in [0.15, 0.2) is 30.3 Å². The number of ether oxygens (including phenoxy) is 4. The molecule has 1 amide bonds. The maximum atomic E-state index is 13.5. The van der Waals surface area contributed by atoms with Crippen molar-refractivity contribution in [2.45, 2.75) is 64.5 Å². The zero-order valence-electron chi connectivity index (χ0n) is 20.8. The van der Waals surface area contributed by atoms with E-state index in [1.54, 1.807) is 28.4 Å². The Bertz CT molecular complexity index is 925. The molecule has 0 unspecified atom stereocenters. The summed E-state index contributed by atoms with van der Waals surface area (Å²) < 4.78 is 22.1. The van der Waals surface area contributed by atoms with Crippen LogP contribution in [0.3, 0.4) is 0 Å². The topological polar surface area (TPSA) is 57.2 Å². The number of carbonyl (C=O) groups is 1. The summed E-state index contributed by atoms with van der Waals surface area (Å²) in [6, 6.07) is 10.1. The second-order valence-electron chi connectivity index (χ2n) is 8.83. The highest BCUT2D eigenvalue weighted by Crippen LogP contribution is 2.39. The zero-order valence-corrected chi connectivity index (χ0v) is 20.8. The molecule has 0 spiro atoms. The summed E-state index contributed by atoms with van der Waals surface area (Å²) in [5.74, 6) is 2.56. The number of hydrogen-bond acceptors (Lipinski definition) is 5. The van der Waals surface area contributed by atoms with Crippen LogP contribution in [0.1, 0.15) is 67.4 Å². The minimum Gasteiger partial charge on any atom is -0.496 e. The van der Waals surface area contributed by atoms with Gasteiger partial charge in [0.25, 0.3) is 5.91 Å². The summed E-state index contributed by atoms with van der Waals surface area (Å²) in [5, 5.41) is 0. The van der Waals surface area contributed by atoms with Crippen molar-refractivity contribution < 1.29 is 23.7 Å². The largest absolute Gasteiger partial charge is 0.496 e. The second-order valence-corrected chi connectivity index (χ2v) is 8.83. The van der Waals surface area contributed by atoms with E-state index in [0.717, 1.165) is 24.0 Å². The fourth-order valence-electron chi connectivity index (χ4n) is 4.81. The van der Waals surface area contributed by atoms with Crippen molar-refractivity contribution in [3.8, 4) is 23.0 Å². The Morgan fingerprint density at radius 1 is 0.879 bits per heavy atom. The van der Waals surface area contributed by atoms with E-state index in [4.69, 9.17) is 18.9 Å². The van der Waals surface area contributed by atoms with Gasteiger partial charge in [-0.05, 0) is 62.1 Å². The highest BCUT2D eigenvalue weighted by atomic mass is 16.5. The maximum Gasteiger partial charge on any atom is 0.254 e. The number of amides is 1. The Kier molecular flexibility index (Phi) is 8.48. The summed E-state index contributed by atoms with van der Waals surface area (Å²) in [4.78, 5) is 15.5. The van der Waals surface area contributed by atoms with Gasteiger partial charge in [-0.15, -0.1) is 0 Å². The molecule has 1 aliphatic rings. The number of methoxy groups -OCH3 is 4. The lowest BCUT2D eigenvalue weighted by atomic mass is 9.92. The Labute approximate surface area is 197 Å². The fraction of sp³-hybridized carbons (Fsp3) is 0.519. The van der Waals surface area contributed by atoms with Gasteiger partial charge < -0.3 is 23.8 Å². The Balaban J connectivity index is 1.89. The predicted molar refractivity (Wildman–Crippen MR) is 130 cm³/mol. The number of carbonyl (C=O) groups excluding carboxylic acids is 1. The smallest absolute Gasteiger partial charge is 0.254 e. The molecule has 0 atom stereocenters. The third-order valence-electron chi connectivity index (χ3n) is 6.41. The molecule has 0 saturated heterocycles. The lowest BCUT2D eigenvalue weighted by Gasteiger charge is -2.37. The number of hydrogen-bond donors (Lipinski definition) is 0. The lowest BCUT2D eigenvalue weighted by Crippen LogP contribution is -2.45. The van der Waals surface area contributed by atoms with E-state index < -0.39 is 0 Å². The van der Waals surface area contributed by atoms with Gasteiger partial charge in [0.2, 0.25) is 5.75 Å². The molecule has 6 heteroatoms. The van der Waals surface area contributed by atoms with Crippen LogP contribution in [-0.2, 0) is 6.42 Å². The van der Waals surface area contributed by atoms with Crippen LogP contribution in [0.5, 0.6) is 23.0 Å². The van der Waals surface area contributed by atoms with Crippen LogP contribution in [0.4, 0.5) is 0 Å². The first-order valence-corrected chi connectivity index (χ1v) is 11.7. The Morgan fingerprint density at radius 2 is 1.48 bits per heavy atom. The molecular formula is C27H37NO5.